The number of nitrogens with one attached hydrogen (secondary N) is 3. The molecule has 3 amide bonds. The summed E-state index contributed by atoms with van der Waals surface area (Å²) in [5.41, 5.74) is 10.5. The number of guanidine groups is 1. The van der Waals surface area contributed by atoms with Crippen LogP contribution in [0.15, 0.2) is 4.99 Å². The molecule has 2 heterocycles. The summed E-state index contributed by atoms with van der Waals surface area (Å²) in [6, 6.07) is -2.97. The molecular formula is C21H37N7O5. The van der Waals surface area contributed by atoms with Gasteiger partial charge < -0.3 is 37.4 Å². The molecule has 2 rings (SSSR count). The molecule has 0 aromatic carbocycles. The largest absolute Gasteiger partial charge is 0.480 e. The normalized spacial score (nSPS) is 22.0. The van der Waals surface area contributed by atoms with Crippen LogP contribution in [0.25, 0.3) is 0 Å². The fourth-order valence-corrected chi connectivity index (χ4v) is 4.21. The summed E-state index contributed by atoms with van der Waals surface area (Å²) in [5, 5.41) is 17.9. The van der Waals surface area contributed by atoms with Crippen LogP contribution in [-0.4, -0.2) is 83.5 Å². The second-order valence-corrected chi connectivity index (χ2v) is 8.92. The van der Waals surface area contributed by atoms with Crippen molar-refractivity contribution in [3.05, 3.63) is 0 Å². The summed E-state index contributed by atoms with van der Waals surface area (Å²) >= 11 is 0. The maximum absolute atomic E-state index is 13.0. The third kappa shape index (κ3) is 7.58. The van der Waals surface area contributed by atoms with Gasteiger partial charge in [0.25, 0.3) is 0 Å². The maximum Gasteiger partial charge on any atom is 0.326 e. The highest BCUT2D eigenvalue weighted by Gasteiger charge is 2.39. The fraction of sp³-hybridized carbons (Fsp3) is 0.762. The van der Waals surface area contributed by atoms with E-state index in [-0.39, 0.29) is 36.8 Å². The van der Waals surface area contributed by atoms with E-state index in [1.165, 1.54) is 0 Å². The lowest BCUT2D eigenvalue weighted by molar-refractivity contribution is -0.143. The zero-order valence-corrected chi connectivity index (χ0v) is 19.4. The smallest absolute Gasteiger partial charge is 0.326 e. The highest BCUT2D eigenvalue weighted by Crippen LogP contribution is 2.21. The van der Waals surface area contributed by atoms with E-state index in [0.717, 1.165) is 19.4 Å². The monoisotopic (exact) mass is 467 g/mol. The third-order valence-corrected chi connectivity index (χ3v) is 6.00. The Morgan fingerprint density at radius 2 is 1.88 bits per heavy atom. The van der Waals surface area contributed by atoms with Crippen LogP contribution in [0.1, 0.15) is 52.4 Å². The predicted molar refractivity (Wildman–Crippen MR) is 122 cm³/mol. The Labute approximate surface area is 193 Å². The first-order valence-corrected chi connectivity index (χ1v) is 11.5. The molecule has 4 atom stereocenters. The molecule has 2 aliphatic rings. The van der Waals surface area contributed by atoms with Crippen molar-refractivity contribution in [1.82, 2.24) is 20.9 Å². The van der Waals surface area contributed by atoms with Gasteiger partial charge in [0, 0.05) is 13.1 Å². The molecule has 0 bridgehead atoms. The average molecular weight is 468 g/mol. The van der Waals surface area contributed by atoms with Crippen LogP contribution in [0.4, 0.5) is 0 Å². The SMILES string of the molecule is CC(C)C(NC(=O)C1CCCN1C(=O)C1CCCN1)C(=O)NC(CCCN=C(N)N)C(=O)O. The van der Waals surface area contributed by atoms with Gasteiger partial charge in [-0.1, -0.05) is 13.8 Å². The van der Waals surface area contributed by atoms with Crippen molar-refractivity contribution in [3.63, 3.8) is 0 Å². The Morgan fingerprint density at radius 1 is 1.15 bits per heavy atom. The second kappa shape index (κ2) is 12.4. The number of hydrogen-bond acceptors (Lipinski definition) is 6. The summed E-state index contributed by atoms with van der Waals surface area (Å²) < 4.78 is 0. The highest BCUT2D eigenvalue weighted by atomic mass is 16.4. The molecule has 2 fully saturated rings. The van der Waals surface area contributed by atoms with E-state index in [2.05, 4.69) is 20.9 Å². The van der Waals surface area contributed by atoms with Gasteiger partial charge in [-0.3, -0.25) is 19.4 Å². The number of hydrogen-bond donors (Lipinski definition) is 6. The zero-order chi connectivity index (χ0) is 24.5. The van der Waals surface area contributed by atoms with Gasteiger partial charge in [-0.25, -0.2) is 4.79 Å². The number of rotatable bonds is 11. The summed E-state index contributed by atoms with van der Waals surface area (Å²) in [6.45, 7) is 5.06. The first kappa shape index (κ1) is 26.4. The molecule has 12 nitrogen and oxygen atoms in total. The molecule has 2 saturated heterocycles. The molecule has 0 radical (unpaired) electrons. The van der Waals surface area contributed by atoms with E-state index in [9.17, 15) is 24.3 Å². The Bertz CT molecular complexity index is 747. The number of likely N-dealkylation sites (tertiary alicyclic amines) is 1. The number of aliphatic imine (C=N–C) groups is 1. The van der Waals surface area contributed by atoms with Crippen LogP contribution in [0.2, 0.25) is 0 Å². The quantitative estimate of drug-likeness (QED) is 0.120. The van der Waals surface area contributed by atoms with E-state index < -0.39 is 35.9 Å². The first-order chi connectivity index (χ1) is 15.6. The molecule has 33 heavy (non-hydrogen) atoms. The number of carboxylic acids is 1. The second-order valence-electron chi connectivity index (χ2n) is 8.92. The molecule has 0 aromatic rings. The van der Waals surface area contributed by atoms with Crippen molar-refractivity contribution in [1.29, 1.82) is 0 Å². The standard InChI is InChI=1S/C21H37N7O5/c1-12(2)16(18(30)26-14(20(32)33)7-4-10-25-21(22)23)27-17(29)15-8-5-11-28(15)19(31)13-6-3-9-24-13/h12-16,24H,3-11H2,1-2H3,(H,26,30)(H,27,29)(H,32,33)(H4,22,23,25). The Hall–Kier alpha value is -2.89. The molecule has 8 N–H and O–H groups in total. The van der Waals surface area contributed by atoms with E-state index >= 15 is 0 Å². The summed E-state index contributed by atoms with van der Waals surface area (Å²) in [5.74, 6) is -2.61. The highest BCUT2D eigenvalue weighted by molar-refractivity contribution is 5.94. The number of carboxylic acid groups (broad SMARTS) is 1. The predicted octanol–water partition coefficient (Wildman–Crippen LogP) is -1.51. The molecule has 0 aliphatic carbocycles. The number of nitrogens with zero attached hydrogens (tertiary/aromatic N) is 2. The van der Waals surface area contributed by atoms with Crippen molar-refractivity contribution in [2.24, 2.45) is 22.4 Å². The lowest BCUT2D eigenvalue weighted by Crippen LogP contribution is -2.58. The molecule has 2 aliphatic heterocycles. The van der Waals surface area contributed by atoms with Crippen LogP contribution < -0.4 is 27.4 Å². The number of carbonyl (C=O) groups is 4. The molecule has 186 valence electrons. The van der Waals surface area contributed by atoms with Crippen LogP contribution in [0, 0.1) is 5.92 Å². The van der Waals surface area contributed by atoms with E-state index in [4.69, 9.17) is 11.5 Å². The minimum Gasteiger partial charge on any atom is -0.480 e. The maximum atomic E-state index is 13.0. The molecule has 0 saturated carbocycles. The lowest BCUT2D eigenvalue weighted by atomic mass is 10.0. The fourth-order valence-electron chi connectivity index (χ4n) is 4.21. The van der Waals surface area contributed by atoms with Gasteiger partial charge >= 0.3 is 5.97 Å². The Morgan fingerprint density at radius 3 is 2.45 bits per heavy atom. The Balaban J connectivity index is 1.99. The number of amides is 3. The lowest BCUT2D eigenvalue weighted by Gasteiger charge is -2.29. The zero-order valence-electron chi connectivity index (χ0n) is 19.4. The van der Waals surface area contributed by atoms with Crippen LogP contribution in [0.5, 0.6) is 0 Å². The number of aliphatic carboxylic acids is 1. The first-order valence-electron chi connectivity index (χ1n) is 11.5. The van der Waals surface area contributed by atoms with Gasteiger partial charge in [-0.05, 0) is 51.0 Å². The van der Waals surface area contributed by atoms with Gasteiger partial charge in [-0.2, -0.15) is 0 Å². The molecule has 0 aromatic heterocycles. The van der Waals surface area contributed by atoms with Crippen molar-refractivity contribution >= 4 is 29.7 Å². The summed E-state index contributed by atoms with van der Waals surface area (Å²) in [7, 11) is 0. The van der Waals surface area contributed by atoms with Gasteiger partial charge in [0.2, 0.25) is 17.7 Å². The van der Waals surface area contributed by atoms with E-state index in [1.807, 2.05) is 0 Å². The topological polar surface area (TPSA) is 192 Å². The van der Waals surface area contributed by atoms with Crippen molar-refractivity contribution in [2.45, 2.75) is 76.5 Å². The van der Waals surface area contributed by atoms with Crippen LogP contribution in [-0.2, 0) is 19.2 Å². The van der Waals surface area contributed by atoms with E-state index in [1.54, 1.807) is 18.7 Å². The minimum absolute atomic E-state index is 0.0811. The number of carbonyl (C=O) groups excluding carboxylic acids is 3. The molecule has 4 unspecified atom stereocenters. The van der Waals surface area contributed by atoms with Gasteiger partial charge in [0.1, 0.15) is 18.1 Å². The van der Waals surface area contributed by atoms with Crippen LogP contribution in [0.3, 0.4) is 0 Å². The Kier molecular flexibility index (Phi) is 9.89. The summed E-state index contributed by atoms with van der Waals surface area (Å²) in [4.78, 5) is 55.7. The molecular weight excluding hydrogens is 430 g/mol. The van der Waals surface area contributed by atoms with Crippen molar-refractivity contribution in [3.8, 4) is 0 Å². The minimum atomic E-state index is -1.18. The van der Waals surface area contributed by atoms with Gasteiger partial charge in [-0.15, -0.1) is 0 Å². The molecule has 0 spiro atoms. The average Bonchev–Trinajstić information content (AvgIpc) is 3.45. The summed E-state index contributed by atoms with van der Waals surface area (Å²) in [6.07, 6.45) is 3.41. The third-order valence-electron chi connectivity index (χ3n) is 6.00. The van der Waals surface area contributed by atoms with Gasteiger partial charge in [0.05, 0.1) is 6.04 Å². The van der Waals surface area contributed by atoms with Crippen molar-refractivity contribution < 1.29 is 24.3 Å². The van der Waals surface area contributed by atoms with Crippen LogP contribution >= 0.6 is 0 Å². The van der Waals surface area contributed by atoms with E-state index in [0.29, 0.717) is 25.8 Å². The molecule has 12 heteroatoms. The van der Waals surface area contributed by atoms with Crippen molar-refractivity contribution in [2.75, 3.05) is 19.6 Å². The number of nitrogens with two attached hydrogens (primary N) is 2. The van der Waals surface area contributed by atoms with Gasteiger partial charge in [0.15, 0.2) is 5.96 Å².